The second-order valence-corrected chi connectivity index (χ2v) is 7.53. The molecule has 0 heterocycles. The maximum Gasteiger partial charge on any atom is 0.133 e. The Balaban J connectivity index is 1.98. The van der Waals surface area contributed by atoms with Gasteiger partial charge in [-0.1, -0.05) is 60.7 Å². The monoisotopic (exact) mass is 400 g/mol. The number of nitriles is 2. The summed E-state index contributed by atoms with van der Waals surface area (Å²) in [5.74, 6) is -0.159. The van der Waals surface area contributed by atoms with Gasteiger partial charge in [0.25, 0.3) is 0 Å². The molecule has 4 heteroatoms. The number of aromatic hydroxyl groups is 2. The van der Waals surface area contributed by atoms with Gasteiger partial charge in [0.1, 0.15) is 23.6 Å². The number of fused-ring (bicyclic) bond motifs is 3. The van der Waals surface area contributed by atoms with Crippen LogP contribution in [0.2, 0.25) is 0 Å². The molecule has 0 radical (unpaired) electrons. The van der Waals surface area contributed by atoms with Gasteiger partial charge in [0, 0.05) is 0 Å². The molecule has 2 N–H and O–H groups in total. The number of nitrogens with zero attached hydrogens (tertiary/aromatic N) is 2. The highest BCUT2D eigenvalue weighted by Gasteiger charge is 2.46. The second-order valence-electron chi connectivity index (χ2n) is 7.53. The lowest BCUT2D eigenvalue weighted by Crippen LogP contribution is -2.28. The molecule has 0 amide bonds. The lowest BCUT2D eigenvalue weighted by atomic mass is 9.67. The van der Waals surface area contributed by atoms with Crippen molar-refractivity contribution in [2.45, 2.75) is 5.41 Å². The zero-order valence-electron chi connectivity index (χ0n) is 16.4. The fourth-order valence-corrected chi connectivity index (χ4v) is 4.74. The molecule has 5 rings (SSSR count). The lowest BCUT2D eigenvalue weighted by molar-refractivity contribution is 0.473. The van der Waals surface area contributed by atoms with Crippen molar-refractivity contribution in [1.82, 2.24) is 0 Å². The first-order valence-corrected chi connectivity index (χ1v) is 9.78. The van der Waals surface area contributed by atoms with E-state index in [4.69, 9.17) is 0 Å². The number of phenolic OH excluding ortho intramolecular Hbond substituents is 2. The number of hydrogen-bond acceptors (Lipinski definition) is 4. The van der Waals surface area contributed by atoms with Gasteiger partial charge in [0.2, 0.25) is 0 Å². The molecule has 4 nitrogen and oxygen atoms in total. The summed E-state index contributed by atoms with van der Waals surface area (Å²) in [5.41, 5.74) is 5.30. The highest BCUT2D eigenvalue weighted by molar-refractivity contribution is 5.86. The van der Waals surface area contributed by atoms with Crippen LogP contribution in [0.5, 0.6) is 11.5 Å². The van der Waals surface area contributed by atoms with Crippen molar-refractivity contribution in [3.63, 3.8) is 0 Å². The fourth-order valence-electron chi connectivity index (χ4n) is 4.74. The van der Waals surface area contributed by atoms with Crippen molar-refractivity contribution < 1.29 is 10.2 Å². The third-order valence-electron chi connectivity index (χ3n) is 6.05. The van der Waals surface area contributed by atoms with E-state index in [-0.39, 0.29) is 22.6 Å². The van der Waals surface area contributed by atoms with E-state index in [9.17, 15) is 20.7 Å². The number of rotatable bonds is 2. The van der Waals surface area contributed by atoms with Crippen molar-refractivity contribution in [3.05, 3.63) is 118 Å². The van der Waals surface area contributed by atoms with Crippen molar-refractivity contribution in [2.75, 3.05) is 0 Å². The summed E-state index contributed by atoms with van der Waals surface area (Å²) in [4.78, 5) is 0. The van der Waals surface area contributed by atoms with Gasteiger partial charge in [-0.15, -0.1) is 0 Å². The summed E-state index contributed by atoms with van der Waals surface area (Å²) >= 11 is 0. The lowest BCUT2D eigenvalue weighted by Gasteiger charge is -2.34. The Morgan fingerprint density at radius 1 is 0.581 bits per heavy atom. The molecule has 0 saturated heterocycles. The first kappa shape index (κ1) is 18.5. The average Bonchev–Trinajstić information content (AvgIpc) is 3.11. The van der Waals surface area contributed by atoms with Crippen LogP contribution < -0.4 is 0 Å². The Bertz CT molecular complexity index is 1330. The summed E-state index contributed by atoms with van der Waals surface area (Å²) in [5, 5.41) is 39.4. The summed E-state index contributed by atoms with van der Waals surface area (Å²) in [6.45, 7) is 0. The highest BCUT2D eigenvalue weighted by Crippen LogP contribution is 2.56. The van der Waals surface area contributed by atoms with Gasteiger partial charge in [0.15, 0.2) is 0 Å². The predicted molar refractivity (Wildman–Crippen MR) is 117 cm³/mol. The molecule has 0 fully saturated rings. The van der Waals surface area contributed by atoms with Crippen LogP contribution in [0.25, 0.3) is 11.1 Å². The Kier molecular flexibility index (Phi) is 4.03. The molecule has 0 spiro atoms. The Labute approximate surface area is 179 Å². The number of phenols is 2. The van der Waals surface area contributed by atoms with Crippen LogP contribution in [0, 0.1) is 22.7 Å². The van der Waals surface area contributed by atoms with E-state index < -0.39 is 5.41 Å². The molecular weight excluding hydrogens is 384 g/mol. The highest BCUT2D eigenvalue weighted by atomic mass is 16.3. The van der Waals surface area contributed by atoms with Crippen LogP contribution >= 0.6 is 0 Å². The third kappa shape index (κ3) is 2.46. The first-order chi connectivity index (χ1) is 15.1. The van der Waals surface area contributed by atoms with Crippen molar-refractivity contribution in [1.29, 1.82) is 10.5 Å². The van der Waals surface area contributed by atoms with Gasteiger partial charge in [-0.3, -0.25) is 0 Å². The molecule has 0 unspecified atom stereocenters. The van der Waals surface area contributed by atoms with Crippen LogP contribution in [0.3, 0.4) is 0 Å². The summed E-state index contributed by atoms with van der Waals surface area (Å²) in [7, 11) is 0. The van der Waals surface area contributed by atoms with E-state index in [2.05, 4.69) is 24.3 Å². The maximum absolute atomic E-state index is 10.1. The summed E-state index contributed by atoms with van der Waals surface area (Å²) in [6.07, 6.45) is 0. The van der Waals surface area contributed by atoms with E-state index in [1.54, 1.807) is 12.1 Å². The Morgan fingerprint density at radius 2 is 1.00 bits per heavy atom. The standard InChI is InChI=1S/C27H16N2O2/c28-15-17-13-19(9-11-25(17)30)27(20-10-12-26(31)18(14-20)16-29)23-7-3-1-5-21(23)22-6-2-4-8-24(22)27/h1-14,30-31H. The second kappa shape index (κ2) is 6.76. The molecule has 0 atom stereocenters. The predicted octanol–water partition coefficient (Wildman–Crippen LogP) is 5.20. The zero-order valence-corrected chi connectivity index (χ0v) is 16.4. The molecule has 146 valence electrons. The fraction of sp³-hybridized carbons (Fsp3) is 0.0370. The Morgan fingerprint density at radius 3 is 1.42 bits per heavy atom. The minimum Gasteiger partial charge on any atom is -0.507 e. The van der Waals surface area contributed by atoms with E-state index in [0.717, 1.165) is 33.4 Å². The largest absolute Gasteiger partial charge is 0.507 e. The van der Waals surface area contributed by atoms with Gasteiger partial charge in [0.05, 0.1) is 16.5 Å². The normalized spacial score (nSPS) is 13.0. The van der Waals surface area contributed by atoms with E-state index in [1.807, 2.05) is 48.5 Å². The van der Waals surface area contributed by atoms with E-state index >= 15 is 0 Å². The van der Waals surface area contributed by atoms with Crippen LogP contribution in [0.15, 0.2) is 84.9 Å². The summed E-state index contributed by atoms with van der Waals surface area (Å²) < 4.78 is 0. The van der Waals surface area contributed by atoms with Crippen molar-refractivity contribution in [2.24, 2.45) is 0 Å². The topological polar surface area (TPSA) is 88.0 Å². The molecule has 0 aliphatic heterocycles. The molecule has 1 aliphatic carbocycles. The van der Waals surface area contributed by atoms with Gasteiger partial charge in [-0.2, -0.15) is 10.5 Å². The molecule has 0 aromatic heterocycles. The molecule has 1 aliphatic rings. The van der Waals surface area contributed by atoms with E-state index in [0.29, 0.717) is 0 Å². The van der Waals surface area contributed by atoms with Gasteiger partial charge < -0.3 is 10.2 Å². The molecule has 0 saturated carbocycles. The van der Waals surface area contributed by atoms with Gasteiger partial charge in [-0.05, 0) is 57.6 Å². The maximum atomic E-state index is 10.1. The van der Waals surface area contributed by atoms with Crippen molar-refractivity contribution in [3.8, 4) is 34.8 Å². The Hall–Kier alpha value is -4.54. The molecule has 0 bridgehead atoms. The quantitative estimate of drug-likeness (QED) is 0.426. The minimum absolute atomic E-state index is 0.0793. The van der Waals surface area contributed by atoms with Crippen LogP contribution in [0.4, 0.5) is 0 Å². The average molecular weight is 400 g/mol. The summed E-state index contributed by atoms with van der Waals surface area (Å²) in [6, 6.07) is 30.4. The van der Waals surface area contributed by atoms with Crippen LogP contribution in [-0.2, 0) is 5.41 Å². The van der Waals surface area contributed by atoms with Crippen LogP contribution in [-0.4, -0.2) is 10.2 Å². The van der Waals surface area contributed by atoms with Crippen molar-refractivity contribution >= 4 is 0 Å². The number of benzene rings is 4. The molecule has 4 aromatic rings. The van der Waals surface area contributed by atoms with Crippen LogP contribution in [0.1, 0.15) is 33.4 Å². The molecule has 31 heavy (non-hydrogen) atoms. The van der Waals surface area contributed by atoms with Gasteiger partial charge >= 0.3 is 0 Å². The smallest absolute Gasteiger partial charge is 0.133 e. The van der Waals surface area contributed by atoms with E-state index in [1.165, 1.54) is 12.1 Å². The third-order valence-corrected chi connectivity index (χ3v) is 6.05. The molecular formula is C27H16N2O2. The molecule has 4 aromatic carbocycles. The number of hydrogen-bond donors (Lipinski definition) is 2. The minimum atomic E-state index is -0.814. The first-order valence-electron chi connectivity index (χ1n) is 9.78. The van der Waals surface area contributed by atoms with Gasteiger partial charge in [-0.25, -0.2) is 0 Å². The zero-order chi connectivity index (χ0) is 21.6. The SMILES string of the molecule is N#Cc1cc(C2(c3ccc(O)c(C#N)c3)c3ccccc3-c3ccccc32)ccc1O.